The van der Waals surface area contributed by atoms with Crippen LogP contribution >= 0.6 is 23.1 Å². The molecule has 190 valence electrons. The number of nitrogens with zero attached hydrogens (tertiary/aromatic N) is 2. The number of aryl methyl sites for hydroxylation is 4. The van der Waals surface area contributed by atoms with E-state index in [-0.39, 0.29) is 16.9 Å². The Morgan fingerprint density at radius 2 is 1.84 bits per heavy atom. The van der Waals surface area contributed by atoms with Gasteiger partial charge in [0, 0.05) is 10.4 Å². The molecule has 0 spiro atoms. The Morgan fingerprint density at radius 3 is 2.59 bits per heavy atom. The standard InChI is InChI=1S/C27H25FN4O3S2/c1-15-7-12-20(16(2)13-15)32-26(35)23-19-5-3-4-6-21(19)37-25(23)29-27(32)36-14-22(33)30-31-24(34)17-8-10-18(28)11-9-17/h7-13H,3-6,14H2,1-2H3,(H,30,33)(H,31,34). The zero-order valence-electron chi connectivity index (χ0n) is 20.4. The third-order valence-corrected chi connectivity index (χ3v) is 8.43. The zero-order chi connectivity index (χ0) is 26.1. The van der Waals surface area contributed by atoms with Gasteiger partial charge in [0.15, 0.2) is 5.16 Å². The summed E-state index contributed by atoms with van der Waals surface area (Å²) < 4.78 is 14.7. The van der Waals surface area contributed by atoms with Crippen LogP contribution in [-0.4, -0.2) is 27.1 Å². The van der Waals surface area contributed by atoms with Gasteiger partial charge < -0.3 is 0 Å². The molecule has 2 aromatic carbocycles. The molecule has 0 aliphatic heterocycles. The zero-order valence-corrected chi connectivity index (χ0v) is 22.0. The van der Waals surface area contributed by atoms with E-state index in [1.165, 1.54) is 29.1 Å². The maximum Gasteiger partial charge on any atom is 0.269 e. The Hall–Kier alpha value is -3.50. The Kier molecular flexibility index (Phi) is 7.12. The fraction of sp³-hybridized carbons (Fsp3) is 0.259. The number of carbonyl (C=O) groups excluding carboxylic acids is 2. The summed E-state index contributed by atoms with van der Waals surface area (Å²) in [6.07, 6.45) is 4.00. The molecule has 0 saturated heterocycles. The van der Waals surface area contributed by atoms with E-state index in [1.54, 1.807) is 15.9 Å². The molecule has 4 aromatic rings. The normalized spacial score (nSPS) is 12.8. The number of benzene rings is 2. The molecule has 0 radical (unpaired) electrons. The molecule has 0 unspecified atom stereocenters. The van der Waals surface area contributed by atoms with Crippen molar-refractivity contribution in [1.29, 1.82) is 0 Å². The van der Waals surface area contributed by atoms with E-state index >= 15 is 0 Å². The van der Waals surface area contributed by atoms with Crippen LogP contribution < -0.4 is 16.4 Å². The second-order valence-corrected chi connectivity index (χ2v) is 11.0. The third-order valence-electron chi connectivity index (χ3n) is 6.31. The molecule has 2 amide bonds. The molecule has 2 N–H and O–H groups in total. The number of nitrogens with one attached hydrogen (secondary N) is 2. The van der Waals surface area contributed by atoms with Gasteiger partial charge in [-0.25, -0.2) is 9.37 Å². The van der Waals surface area contributed by atoms with Crippen LogP contribution in [0.2, 0.25) is 0 Å². The summed E-state index contributed by atoms with van der Waals surface area (Å²) in [5.74, 6) is -1.55. The van der Waals surface area contributed by atoms with Crippen molar-refractivity contribution < 1.29 is 14.0 Å². The average Bonchev–Trinajstić information content (AvgIpc) is 3.26. The molecule has 1 aliphatic rings. The average molecular weight is 537 g/mol. The van der Waals surface area contributed by atoms with Gasteiger partial charge in [-0.05, 0) is 81.0 Å². The second-order valence-electron chi connectivity index (χ2n) is 9.01. The monoisotopic (exact) mass is 536 g/mol. The van der Waals surface area contributed by atoms with E-state index in [0.717, 1.165) is 59.8 Å². The van der Waals surface area contributed by atoms with E-state index in [2.05, 4.69) is 10.9 Å². The topological polar surface area (TPSA) is 93.1 Å². The smallest absolute Gasteiger partial charge is 0.269 e. The largest absolute Gasteiger partial charge is 0.272 e. The maximum atomic E-state index is 13.9. The molecule has 1 aliphatic carbocycles. The number of hydrogen-bond donors (Lipinski definition) is 2. The molecule has 7 nitrogen and oxygen atoms in total. The molecular formula is C27H25FN4O3S2. The molecule has 0 saturated carbocycles. The van der Waals surface area contributed by atoms with Crippen molar-refractivity contribution in [2.24, 2.45) is 0 Å². The van der Waals surface area contributed by atoms with Gasteiger partial charge in [-0.1, -0.05) is 29.5 Å². The number of hydrogen-bond acceptors (Lipinski definition) is 6. The molecular weight excluding hydrogens is 511 g/mol. The molecule has 2 aromatic heterocycles. The number of hydrazine groups is 1. The van der Waals surface area contributed by atoms with Gasteiger partial charge in [0.1, 0.15) is 10.6 Å². The Labute approximate surface area is 221 Å². The predicted molar refractivity (Wildman–Crippen MR) is 144 cm³/mol. The first-order chi connectivity index (χ1) is 17.8. The van der Waals surface area contributed by atoms with Crippen molar-refractivity contribution >= 4 is 45.1 Å². The SMILES string of the molecule is Cc1ccc(-n2c(SCC(=O)NNC(=O)c3ccc(F)cc3)nc3sc4c(c3c2=O)CCCC4)c(C)c1. The second kappa shape index (κ2) is 10.5. The Morgan fingerprint density at radius 1 is 1.08 bits per heavy atom. The van der Waals surface area contributed by atoms with Crippen LogP contribution in [-0.2, 0) is 17.6 Å². The molecule has 0 bridgehead atoms. The minimum absolute atomic E-state index is 0.0718. The molecule has 0 fully saturated rings. The van der Waals surface area contributed by atoms with E-state index < -0.39 is 17.6 Å². The lowest BCUT2D eigenvalue weighted by molar-refractivity contribution is -0.119. The van der Waals surface area contributed by atoms with E-state index in [0.29, 0.717) is 15.4 Å². The van der Waals surface area contributed by atoms with Crippen LogP contribution in [0.5, 0.6) is 0 Å². The van der Waals surface area contributed by atoms with Gasteiger partial charge >= 0.3 is 0 Å². The van der Waals surface area contributed by atoms with E-state index in [1.807, 2.05) is 32.0 Å². The molecule has 37 heavy (non-hydrogen) atoms. The highest BCUT2D eigenvalue weighted by atomic mass is 32.2. The predicted octanol–water partition coefficient (Wildman–Crippen LogP) is 4.64. The summed E-state index contributed by atoms with van der Waals surface area (Å²) >= 11 is 2.70. The fourth-order valence-corrected chi connectivity index (χ4v) is 6.63. The number of amides is 2. The van der Waals surface area contributed by atoms with Crippen LogP contribution in [0.15, 0.2) is 52.4 Å². The minimum Gasteiger partial charge on any atom is -0.272 e. The summed E-state index contributed by atoms with van der Waals surface area (Å²) in [5, 5.41) is 1.10. The lowest BCUT2D eigenvalue weighted by Crippen LogP contribution is -2.42. The van der Waals surface area contributed by atoms with Gasteiger partial charge in [-0.15, -0.1) is 11.3 Å². The highest BCUT2D eigenvalue weighted by molar-refractivity contribution is 7.99. The van der Waals surface area contributed by atoms with Crippen LogP contribution in [0.25, 0.3) is 15.9 Å². The van der Waals surface area contributed by atoms with Gasteiger partial charge in [-0.3, -0.25) is 29.8 Å². The van der Waals surface area contributed by atoms with E-state index in [4.69, 9.17) is 4.98 Å². The van der Waals surface area contributed by atoms with Crippen molar-refractivity contribution in [3.63, 3.8) is 0 Å². The number of fused-ring (bicyclic) bond motifs is 3. The quantitative estimate of drug-likeness (QED) is 0.220. The molecule has 2 heterocycles. The fourth-order valence-electron chi connectivity index (χ4n) is 4.52. The molecule has 5 rings (SSSR count). The first-order valence-electron chi connectivity index (χ1n) is 11.9. The lowest BCUT2D eigenvalue weighted by atomic mass is 9.97. The first-order valence-corrected chi connectivity index (χ1v) is 13.7. The van der Waals surface area contributed by atoms with Crippen molar-refractivity contribution in [1.82, 2.24) is 20.4 Å². The summed E-state index contributed by atoms with van der Waals surface area (Å²) in [7, 11) is 0. The van der Waals surface area contributed by atoms with Crippen LogP contribution in [0, 0.1) is 19.7 Å². The summed E-state index contributed by atoms with van der Waals surface area (Å²) in [4.78, 5) is 45.4. The summed E-state index contributed by atoms with van der Waals surface area (Å²) in [6, 6.07) is 10.9. The Bertz CT molecular complexity index is 1580. The van der Waals surface area contributed by atoms with Crippen LogP contribution in [0.3, 0.4) is 0 Å². The van der Waals surface area contributed by atoms with Gasteiger partial charge in [0.05, 0.1) is 16.8 Å². The summed E-state index contributed by atoms with van der Waals surface area (Å²) in [6.45, 7) is 3.95. The van der Waals surface area contributed by atoms with Gasteiger partial charge in [0.25, 0.3) is 11.5 Å². The highest BCUT2D eigenvalue weighted by Crippen LogP contribution is 2.35. The van der Waals surface area contributed by atoms with Crippen molar-refractivity contribution in [3.8, 4) is 5.69 Å². The number of halogens is 1. The van der Waals surface area contributed by atoms with E-state index in [9.17, 15) is 18.8 Å². The van der Waals surface area contributed by atoms with Crippen molar-refractivity contribution in [3.05, 3.63) is 85.8 Å². The van der Waals surface area contributed by atoms with Crippen LogP contribution in [0.1, 0.15) is 44.8 Å². The van der Waals surface area contributed by atoms with Crippen LogP contribution in [0.4, 0.5) is 4.39 Å². The number of carbonyl (C=O) groups is 2. The summed E-state index contributed by atoms with van der Waals surface area (Å²) in [5.41, 5.74) is 8.65. The minimum atomic E-state index is -0.561. The number of aromatic nitrogens is 2. The number of rotatable bonds is 5. The first kappa shape index (κ1) is 25.2. The van der Waals surface area contributed by atoms with Gasteiger partial charge in [-0.2, -0.15) is 0 Å². The highest BCUT2D eigenvalue weighted by Gasteiger charge is 2.24. The van der Waals surface area contributed by atoms with Crippen molar-refractivity contribution in [2.75, 3.05) is 5.75 Å². The van der Waals surface area contributed by atoms with Crippen molar-refractivity contribution in [2.45, 2.75) is 44.7 Å². The maximum absolute atomic E-state index is 13.9. The number of thiophene rings is 1. The molecule has 10 heteroatoms. The Balaban J connectivity index is 1.43. The van der Waals surface area contributed by atoms with Gasteiger partial charge in [0.2, 0.25) is 5.91 Å². The number of thioether (sulfide) groups is 1. The third kappa shape index (κ3) is 5.17. The lowest BCUT2D eigenvalue weighted by Gasteiger charge is -2.16. The molecule has 0 atom stereocenters.